The Labute approximate surface area is 222 Å². The van der Waals surface area contributed by atoms with Gasteiger partial charge in [0.1, 0.15) is 18.1 Å². The highest BCUT2D eigenvalue weighted by molar-refractivity contribution is 7.80. The summed E-state index contributed by atoms with van der Waals surface area (Å²) in [5, 5.41) is 17.5. The van der Waals surface area contributed by atoms with Gasteiger partial charge in [0, 0.05) is 18.7 Å². The van der Waals surface area contributed by atoms with Crippen molar-refractivity contribution in [2.24, 2.45) is 28.1 Å². The maximum Gasteiger partial charge on any atom is 0.326 e. The molecule has 1 aromatic rings. The fourth-order valence-corrected chi connectivity index (χ4v) is 3.57. The van der Waals surface area contributed by atoms with Crippen LogP contribution < -0.4 is 33.2 Å². The SMILES string of the molecule is CCC(C)C(NC(=O)C(N)CS)C(=O)NC(CCCN=C(N)N)C(=O)NC(Cc1ccccc1)C(=O)O. The summed E-state index contributed by atoms with van der Waals surface area (Å²) in [6, 6.07) is 4.67. The second-order valence-electron chi connectivity index (χ2n) is 8.76. The Kier molecular flexibility index (Phi) is 14.1. The molecule has 12 nitrogen and oxygen atoms in total. The Morgan fingerprint density at radius 1 is 1.00 bits per heavy atom. The van der Waals surface area contributed by atoms with Gasteiger partial charge in [-0.15, -0.1) is 0 Å². The predicted octanol–water partition coefficient (Wildman–Crippen LogP) is -0.875. The Morgan fingerprint density at radius 2 is 1.62 bits per heavy atom. The molecule has 0 aliphatic heterocycles. The molecule has 0 saturated heterocycles. The Bertz CT molecular complexity index is 927. The van der Waals surface area contributed by atoms with Crippen molar-refractivity contribution < 1.29 is 24.3 Å². The Hall–Kier alpha value is -3.32. The van der Waals surface area contributed by atoms with Crippen LogP contribution in [-0.2, 0) is 25.6 Å². The van der Waals surface area contributed by atoms with Crippen LogP contribution in [0.4, 0.5) is 0 Å². The van der Waals surface area contributed by atoms with Crippen LogP contribution in [0.3, 0.4) is 0 Å². The van der Waals surface area contributed by atoms with Gasteiger partial charge in [0.25, 0.3) is 0 Å². The highest BCUT2D eigenvalue weighted by atomic mass is 32.1. The molecule has 0 fully saturated rings. The molecule has 1 rings (SSSR count). The number of carbonyl (C=O) groups is 4. The Morgan fingerprint density at radius 3 is 2.16 bits per heavy atom. The van der Waals surface area contributed by atoms with Crippen molar-refractivity contribution in [3.05, 3.63) is 35.9 Å². The average molecular weight is 538 g/mol. The zero-order valence-corrected chi connectivity index (χ0v) is 22.1. The first-order chi connectivity index (χ1) is 17.5. The molecule has 0 saturated carbocycles. The molecular formula is C24H39N7O5S. The molecule has 3 amide bonds. The second-order valence-corrected chi connectivity index (χ2v) is 9.13. The number of aliphatic carboxylic acids is 1. The van der Waals surface area contributed by atoms with Gasteiger partial charge >= 0.3 is 5.97 Å². The third-order valence-electron chi connectivity index (χ3n) is 5.80. The maximum absolute atomic E-state index is 13.2. The normalized spacial score (nSPS) is 14.8. The van der Waals surface area contributed by atoms with Gasteiger partial charge in [-0.1, -0.05) is 50.6 Å². The third-order valence-corrected chi connectivity index (χ3v) is 6.20. The van der Waals surface area contributed by atoms with Crippen LogP contribution in [0.15, 0.2) is 35.3 Å². The van der Waals surface area contributed by atoms with Crippen molar-refractivity contribution in [3.63, 3.8) is 0 Å². The van der Waals surface area contributed by atoms with Gasteiger partial charge in [-0.3, -0.25) is 19.4 Å². The van der Waals surface area contributed by atoms with Crippen LogP contribution in [0.25, 0.3) is 0 Å². The quantitative estimate of drug-likeness (QED) is 0.0572. The maximum atomic E-state index is 13.2. The van der Waals surface area contributed by atoms with Gasteiger partial charge in [0.15, 0.2) is 5.96 Å². The first-order valence-electron chi connectivity index (χ1n) is 12.1. The predicted molar refractivity (Wildman–Crippen MR) is 145 cm³/mol. The number of nitrogens with zero attached hydrogens (tertiary/aromatic N) is 1. The van der Waals surface area contributed by atoms with Gasteiger partial charge in [-0.05, 0) is 24.3 Å². The molecule has 10 N–H and O–H groups in total. The fourth-order valence-electron chi connectivity index (χ4n) is 3.40. The standard InChI is InChI=1S/C24H39N7O5S/c1-3-14(2)19(31-20(32)16(25)13-37)22(34)29-17(10-7-11-28-24(26)27)21(33)30-18(23(35)36)12-15-8-5-4-6-9-15/h4-6,8-9,14,16-19,37H,3,7,10-13,25H2,1-2H3,(H,29,34)(H,30,33)(H,31,32)(H,35,36)(H4,26,27,28). The summed E-state index contributed by atoms with van der Waals surface area (Å²) in [6.45, 7) is 3.84. The number of carbonyl (C=O) groups excluding carboxylic acids is 3. The van der Waals surface area contributed by atoms with Crippen molar-refractivity contribution in [1.82, 2.24) is 16.0 Å². The largest absolute Gasteiger partial charge is 0.480 e. The lowest BCUT2D eigenvalue weighted by Crippen LogP contribution is -2.59. The minimum Gasteiger partial charge on any atom is -0.480 e. The van der Waals surface area contributed by atoms with Gasteiger partial charge < -0.3 is 38.3 Å². The average Bonchev–Trinajstić information content (AvgIpc) is 2.87. The summed E-state index contributed by atoms with van der Waals surface area (Å²) in [4.78, 5) is 54.5. The smallest absolute Gasteiger partial charge is 0.326 e. The third kappa shape index (κ3) is 11.5. The summed E-state index contributed by atoms with van der Waals surface area (Å²) in [5.41, 5.74) is 17.2. The van der Waals surface area contributed by atoms with E-state index in [2.05, 4.69) is 33.6 Å². The van der Waals surface area contributed by atoms with E-state index in [4.69, 9.17) is 17.2 Å². The number of hydrogen-bond acceptors (Lipinski definition) is 7. The van der Waals surface area contributed by atoms with Crippen LogP contribution in [0.2, 0.25) is 0 Å². The van der Waals surface area contributed by atoms with Crippen LogP contribution in [0.1, 0.15) is 38.7 Å². The van der Waals surface area contributed by atoms with Crippen molar-refractivity contribution >= 4 is 42.3 Å². The van der Waals surface area contributed by atoms with Crippen LogP contribution in [-0.4, -0.2) is 71.2 Å². The molecule has 206 valence electrons. The molecule has 0 aliphatic rings. The molecule has 13 heteroatoms. The molecule has 0 aromatic heterocycles. The van der Waals surface area contributed by atoms with Crippen molar-refractivity contribution in [1.29, 1.82) is 0 Å². The van der Waals surface area contributed by atoms with Crippen LogP contribution >= 0.6 is 12.6 Å². The molecule has 0 spiro atoms. The van der Waals surface area contributed by atoms with E-state index >= 15 is 0 Å². The molecular weight excluding hydrogens is 498 g/mol. The first kappa shape index (κ1) is 31.7. The molecule has 5 atom stereocenters. The van der Waals surface area contributed by atoms with E-state index in [1.165, 1.54) is 0 Å². The summed E-state index contributed by atoms with van der Waals surface area (Å²) in [5.74, 6) is -3.32. The number of carboxylic acid groups (broad SMARTS) is 1. The highest BCUT2D eigenvalue weighted by Gasteiger charge is 2.32. The number of nitrogens with two attached hydrogens (primary N) is 3. The minimum atomic E-state index is -1.22. The molecule has 0 heterocycles. The lowest BCUT2D eigenvalue weighted by Gasteiger charge is -2.28. The first-order valence-corrected chi connectivity index (χ1v) is 12.7. The molecule has 5 unspecified atom stereocenters. The number of rotatable bonds is 16. The summed E-state index contributed by atoms with van der Waals surface area (Å²) in [7, 11) is 0. The molecule has 0 bridgehead atoms. The minimum absolute atomic E-state index is 0.0593. The van der Waals surface area contributed by atoms with Crippen LogP contribution in [0.5, 0.6) is 0 Å². The van der Waals surface area contributed by atoms with E-state index in [0.29, 0.717) is 12.8 Å². The second kappa shape index (κ2) is 16.4. The monoisotopic (exact) mass is 537 g/mol. The zero-order valence-electron chi connectivity index (χ0n) is 21.2. The number of nitrogens with one attached hydrogen (secondary N) is 3. The molecule has 1 aromatic carbocycles. The van der Waals surface area contributed by atoms with Crippen LogP contribution in [0, 0.1) is 5.92 Å². The van der Waals surface area contributed by atoms with E-state index < -0.39 is 47.9 Å². The van der Waals surface area contributed by atoms with Crippen molar-refractivity contribution in [3.8, 4) is 0 Å². The van der Waals surface area contributed by atoms with E-state index in [1.807, 2.05) is 6.92 Å². The van der Waals surface area contributed by atoms with Crippen molar-refractivity contribution in [2.45, 2.75) is 63.7 Å². The summed E-state index contributed by atoms with van der Waals surface area (Å²) >= 11 is 4.02. The zero-order chi connectivity index (χ0) is 28.0. The summed E-state index contributed by atoms with van der Waals surface area (Å²) < 4.78 is 0. The number of aliphatic imine (C=N–C) groups is 1. The highest BCUT2D eigenvalue weighted by Crippen LogP contribution is 2.11. The van der Waals surface area contributed by atoms with E-state index in [1.54, 1.807) is 37.3 Å². The number of carboxylic acids is 1. The van der Waals surface area contributed by atoms with Gasteiger partial charge in [0.05, 0.1) is 6.04 Å². The van der Waals surface area contributed by atoms with Gasteiger partial charge in [-0.2, -0.15) is 12.6 Å². The van der Waals surface area contributed by atoms with Gasteiger partial charge in [-0.25, -0.2) is 4.79 Å². The van der Waals surface area contributed by atoms with E-state index in [0.717, 1.165) is 5.56 Å². The van der Waals surface area contributed by atoms with Crippen molar-refractivity contribution in [2.75, 3.05) is 12.3 Å². The van der Waals surface area contributed by atoms with Gasteiger partial charge in [0.2, 0.25) is 17.7 Å². The lowest BCUT2D eigenvalue weighted by atomic mass is 9.97. The summed E-state index contributed by atoms with van der Waals surface area (Å²) in [6.07, 6.45) is 1.08. The fraction of sp³-hybridized carbons (Fsp3) is 0.542. The number of benzene rings is 1. The van der Waals surface area contributed by atoms with E-state index in [-0.39, 0.29) is 37.0 Å². The topological polar surface area (TPSA) is 215 Å². The number of hydrogen-bond donors (Lipinski definition) is 8. The number of thiol groups is 1. The lowest BCUT2D eigenvalue weighted by molar-refractivity contribution is -0.142. The number of guanidine groups is 1. The van der Waals surface area contributed by atoms with E-state index in [9.17, 15) is 24.3 Å². The Balaban J connectivity index is 3.08. The molecule has 0 aliphatic carbocycles. The number of amides is 3. The molecule has 37 heavy (non-hydrogen) atoms. The molecule has 0 radical (unpaired) electrons.